The van der Waals surface area contributed by atoms with Gasteiger partial charge in [-0.2, -0.15) is 5.10 Å². The van der Waals surface area contributed by atoms with E-state index in [0.29, 0.717) is 57.0 Å². The van der Waals surface area contributed by atoms with Crippen LogP contribution in [0.3, 0.4) is 0 Å². The number of amides is 3. The van der Waals surface area contributed by atoms with E-state index in [4.69, 9.17) is 0 Å². The Morgan fingerprint density at radius 3 is 2.35 bits per heavy atom. The highest BCUT2D eigenvalue weighted by molar-refractivity contribution is 5.98. The third kappa shape index (κ3) is 5.58. The average molecular weight is 500 g/mol. The van der Waals surface area contributed by atoms with Crippen LogP contribution in [-0.4, -0.2) is 56.9 Å². The van der Waals surface area contributed by atoms with Crippen LogP contribution in [0.4, 0.5) is 0 Å². The molecule has 1 N–H and O–H groups in total. The molecule has 0 saturated carbocycles. The summed E-state index contributed by atoms with van der Waals surface area (Å²) in [6.07, 6.45) is 2.00. The zero-order valence-electron chi connectivity index (χ0n) is 21.2. The molecule has 2 aliphatic rings. The van der Waals surface area contributed by atoms with E-state index in [2.05, 4.69) is 10.4 Å². The molecule has 0 aliphatic carbocycles. The van der Waals surface area contributed by atoms with Crippen molar-refractivity contribution in [1.29, 1.82) is 0 Å². The van der Waals surface area contributed by atoms with E-state index < -0.39 is 0 Å². The van der Waals surface area contributed by atoms with E-state index in [1.165, 1.54) is 0 Å². The largest absolute Gasteiger partial charge is 0.349 e. The summed E-state index contributed by atoms with van der Waals surface area (Å²) in [4.78, 5) is 42.9. The molecule has 2 aliphatic heterocycles. The van der Waals surface area contributed by atoms with E-state index in [9.17, 15) is 14.4 Å². The molecule has 1 saturated heterocycles. The predicted octanol–water partition coefficient (Wildman–Crippen LogP) is 3.66. The second-order valence-corrected chi connectivity index (χ2v) is 9.91. The smallest absolute Gasteiger partial charge is 0.274 e. The van der Waals surface area contributed by atoms with Crippen LogP contribution in [-0.2, 0) is 17.9 Å². The van der Waals surface area contributed by atoms with Crippen LogP contribution in [0.5, 0.6) is 0 Å². The molecule has 1 fully saturated rings. The Balaban J connectivity index is 1.19. The summed E-state index contributed by atoms with van der Waals surface area (Å²) in [5.74, 6) is -0.376. The Kier molecular flexibility index (Phi) is 7.35. The normalized spacial score (nSPS) is 17.2. The first-order valence-electron chi connectivity index (χ1n) is 13.1. The quantitative estimate of drug-likeness (QED) is 0.561. The van der Waals surface area contributed by atoms with Gasteiger partial charge in [-0.1, -0.05) is 60.7 Å². The lowest BCUT2D eigenvalue weighted by Gasteiger charge is -2.31. The van der Waals surface area contributed by atoms with Gasteiger partial charge in [-0.05, 0) is 37.3 Å². The number of likely N-dealkylation sites (tertiary alicyclic amines) is 1. The molecule has 8 heteroatoms. The molecule has 3 aromatic rings. The van der Waals surface area contributed by atoms with Crippen molar-refractivity contribution in [2.75, 3.05) is 19.6 Å². The number of aromatic nitrogens is 2. The Bertz CT molecular complexity index is 1250. The fourth-order valence-electron chi connectivity index (χ4n) is 5.16. The van der Waals surface area contributed by atoms with Crippen molar-refractivity contribution in [3.63, 3.8) is 0 Å². The number of nitrogens with zero attached hydrogens (tertiary/aromatic N) is 4. The molecule has 1 atom stereocenters. The molecule has 192 valence electrons. The Labute approximate surface area is 217 Å². The maximum atomic E-state index is 13.3. The summed E-state index contributed by atoms with van der Waals surface area (Å²) in [7, 11) is 0. The molecule has 3 heterocycles. The van der Waals surface area contributed by atoms with Crippen molar-refractivity contribution in [3.8, 4) is 0 Å². The zero-order valence-corrected chi connectivity index (χ0v) is 21.2. The maximum absolute atomic E-state index is 13.3. The van der Waals surface area contributed by atoms with E-state index in [0.717, 1.165) is 17.5 Å². The molecule has 5 rings (SSSR count). The van der Waals surface area contributed by atoms with Crippen LogP contribution in [0.2, 0.25) is 0 Å². The zero-order chi connectivity index (χ0) is 25.8. The summed E-state index contributed by atoms with van der Waals surface area (Å²) in [6, 6.07) is 21.4. The van der Waals surface area contributed by atoms with E-state index in [-0.39, 0.29) is 29.7 Å². The molecular weight excluding hydrogens is 466 g/mol. The van der Waals surface area contributed by atoms with Gasteiger partial charge in [0.2, 0.25) is 5.91 Å². The van der Waals surface area contributed by atoms with Crippen LogP contribution < -0.4 is 5.32 Å². The number of fused-ring (bicyclic) bond motifs is 1. The van der Waals surface area contributed by atoms with Gasteiger partial charge in [0.25, 0.3) is 11.8 Å². The summed E-state index contributed by atoms with van der Waals surface area (Å²) < 4.78 is 1.67. The lowest BCUT2D eigenvalue weighted by molar-refractivity contribution is -0.127. The highest BCUT2D eigenvalue weighted by atomic mass is 16.2. The number of carbonyl (C=O) groups is 3. The summed E-state index contributed by atoms with van der Waals surface area (Å²) >= 11 is 0. The van der Waals surface area contributed by atoms with Gasteiger partial charge in [0.15, 0.2) is 5.69 Å². The van der Waals surface area contributed by atoms with Crippen molar-refractivity contribution >= 4 is 17.7 Å². The molecular formula is C29H33N5O3. The Hall–Kier alpha value is -3.94. The first-order valence-corrected chi connectivity index (χ1v) is 13.1. The number of piperidine rings is 1. The third-order valence-electron chi connectivity index (χ3n) is 7.33. The molecule has 0 unspecified atom stereocenters. The van der Waals surface area contributed by atoms with Gasteiger partial charge < -0.3 is 15.1 Å². The maximum Gasteiger partial charge on any atom is 0.274 e. The highest BCUT2D eigenvalue weighted by Gasteiger charge is 2.31. The minimum Gasteiger partial charge on any atom is -0.349 e. The second-order valence-electron chi connectivity index (χ2n) is 9.91. The lowest BCUT2D eigenvalue weighted by Crippen LogP contribution is -2.43. The monoisotopic (exact) mass is 499 g/mol. The number of hydrogen-bond donors (Lipinski definition) is 1. The van der Waals surface area contributed by atoms with Crippen molar-refractivity contribution in [2.24, 2.45) is 5.92 Å². The van der Waals surface area contributed by atoms with Crippen molar-refractivity contribution in [3.05, 3.63) is 89.2 Å². The van der Waals surface area contributed by atoms with Crippen molar-refractivity contribution in [1.82, 2.24) is 24.9 Å². The molecule has 2 aromatic carbocycles. The fourth-order valence-corrected chi connectivity index (χ4v) is 5.16. The van der Waals surface area contributed by atoms with Gasteiger partial charge in [-0.15, -0.1) is 0 Å². The second kappa shape index (κ2) is 11.0. The Morgan fingerprint density at radius 1 is 0.973 bits per heavy atom. The molecule has 0 radical (unpaired) electrons. The van der Waals surface area contributed by atoms with Crippen LogP contribution in [0.15, 0.2) is 66.7 Å². The summed E-state index contributed by atoms with van der Waals surface area (Å²) in [5, 5.41) is 7.61. The van der Waals surface area contributed by atoms with Gasteiger partial charge >= 0.3 is 0 Å². The number of carbonyl (C=O) groups excluding carboxylic acids is 3. The fraction of sp³-hybridized carbons (Fsp3) is 0.379. The molecule has 1 aromatic heterocycles. The van der Waals surface area contributed by atoms with Gasteiger partial charge in [-0.3, -0.25) is 19.1 Å². The van der Waals surface area contributed by atoms with E-state index in [1.807, 2.05) is 72.5 Å². The molecule has 3 amide bonds. The van der Waals surface area contributed by atoms with E-state index in [1.54, 1.807) is 15.6 Å². The van der Waals surface area contributed by atoms with Gasteiger partial charge in [0.1, 0.15) is 5.69 Å². The first-order chi connectivity index (χ1) is 18.0. The molecule has 37 heavy (non-hydrogen) atoms. The number of rotatable bonds is 6. The van der Waals surface area contributed by atoms with Crippen LogP contribution in [0.25, 0.3) is 0 Å². The van der Waals surface area contributed by atoms with Crippen LogP contribution >= 0.6 is 0 Å². The van der Waals surface area contributed by atoms with Crippen molar-refractivity contribution < 1.29 is 14.4 Å². The SMILES string of the molecule is C[C@@H](NC(=O)C1CCN(C(=O)c2cc3n(n2)CCCN(Cc2ccccc2)C3=O)CC1)c1ccccc1. The average Bonchev–Trinajstić information content (AvgIpc) is 3.31. The Morgan fingerprint density at radius 2 is 1.65 bits per heavy atom. The number of benzene rings is 2. The predicted molar refractivity (Wildman–Crippen MR) is 140 cm³/mol. The topological polar surface area (TPSA) is 87.5 Å². The molecule has 0 spiro atoms. The van der Waals surface area contributed by atoms with E-state index >= 15 is 0 Å². The number of nitrogens with one attached hydrogen (secondary N) is 1. The highest BCUT2D eigenvalue weighted by Crippen LogP contribution is 2.22. The first kappa shape index (κ1) is 24.7. The molecule has 0 bridgehead atoms. The van der Waals surface area contributed by atoms with Crippen molar-refractivity contribution in [2.45, 2.75) is 45.3 Å². The summed E-state index contributed by atoms with van der Waals surface area (Å²) in [6.45, 7) is 4.75. The van der Waals surface area contributed by atoms with Crippen LogP contribution in [0.1, 0.15) is 64.3 Å². The third-order valence-corrected chi connectivity index (χ3v) is 7.33. The lowest BCUT2D eigenvalue weighted by atomic mass is 9.95. The van der Waals surface area contributed by atoms with Gasteiger partial charge in [0, 0.05) is 44.7 Å². The number of hydrogen-bond acceptors (Lipinski definition) is 4. The van der Waals surface area contributed by atoms with Gasteiger partial charge in [-0.25, -0.2) is 0 Å². The van der Waals surface area contributed by atoms with Gasteiger partial charge in [0.05, 0.1) is 6.04 Å². The minimum atomic E-state index is -0.181. The minimum absolute atomic E-state index is 0.0289. The van der Waals surface area contributed by atoms with Crippen LogP contribution in [0, 0.1) is 5.92 Å². The number of aryl methyl sites for hydroxylation is 1. The molecule has 8 nitrogen and oxygen atoms in total. The standard InChI is InChI=1S/C29H33N5O3/c1-21(23-11-6-3-7-12-23)30-27(35)24-13-17-32(18-14-24)28(36)25-19-26-29(37)33(15-8-16-34(26)31-25)20-22-9-4-2-5-10-22/h2-7,9-12,19,21,24H,8,13-18,20H2,1H3,(H,30,35)/t21-/m1/s1. The summed E-state index contributed by atoms with van der Waals surface area (Å²) in [5.41, 5.74) is 2.90.